The van der Waals surface area contributed by atoms with Crippen LogP contribution in [0.3, 0.4) is 0 Å². The van der Waals surface area contributed by atoms with E-state index >= 15 is 0 Å². The molecule has 0 bridgehead atoms. The first-order valence-electron chi connectivity index (χ1n) is 20.5. The van der Waals surface area contributed by atoms with Gasteiger partial charge in [0.15, 0.2) is 0 Å². The molecular weight excluding hydrogens is 831 g/mol. The number of aromatic nitrogens is 4. The highest BCUT2D eigenvalue weighted by molar-refractivity contribution is 7.19. The second-order valence-corrected chi connectivity index (χ2v) is 17.7. The van der Waals surface area contributed by atoms with Crippen molar-refractivity contribution in [1.82, 2.24) is 24.8 Å². The summed E-state index contributed by atoms with van der Waals surface area (Å²) in [6, 6.07) is 8.07. The zero-order valence-corrected chi connectivity index (χ0v) is 35.8. The molecule has 6 heterocycles. The molecule has 2 aliphatic heterocycles. The molecule has 10 rings (SSSR count). The maximum atomic E-state index is 13.0. The number of methoxy groups -OCH3 is 2. The summed E-state index contributed by atoms with van der Waals surface area (Å²) in [7, 11) is 3.30. The third-order valence-electron chi connectivity index (χ3n) is 11.9. The number of carboxylic acids is 1. The van der Waals surface area contributed by atoms with E-state index in [4.69, 9.17) is 9.47 Å². The Morgan fingerprint density at radius 3 is 1.68 bits per heavy atom. The van der Waals surface area contributed by atoms with Gasteiger partial charge in [-0.15, -0.1) is 22.7 Å². The molecule has 0 saturated carbocycles. The third-order valence-corrected chi connectivity index (χ3v) is 14.2. The molecule has 1 amide bonds. The molecule has 2 aromatic carbocycles. The van der Waals surface area contributed by atoms with Crippen LogP contribution < -0.4 is 20.1 Å². The van der Waals surface area contributed by atoms with Gasteiger partial charge in [-0.25, -0.2) is 19.9 Å². The average molecular weight is 876 g/mol. The largest absolute Gasteiger partial charge is 0.495 e. The number of carbonyl (C=O) groups is 2. The van der Waals surface area contributed by atoms with Crippen LogP contribution in [0.2, 0.25) is 0 Å². The number of nitrogens with zero attached hydrogens (tertiary/aromatic N) is 7. The van der Waals surface area contributed by atoms with Crippen molar-refractivity contribution in [3.8, 4) is 11.5 Å². The molecule has 6 aromatic rings. The van der Waals surface area contributed by atoms with Gasteiger partial charge in [-0.3, -0.25) is 19.6 Å². The lowest BCUT2D eigenvalue weighted by molar-refractivity contribution is -0.142. The number of carbonyl (C=O) groups excluding carboxylic acids is 1. The van der Waals surface area contributed by atoms with E-state index in [9.17, 15) is 24.9 Å². The zero-order valence-electron chi connectivity index (χ0n) is 34.2. The molecule has 62 heavy (non-hydrogen) atoms. The van der Waals surface area contributed by atoms with Gasteiger partial charge in [0, 0.05) is 41.2 Å². The van der Waals surface area contributed by atoms with Crippen LogP contribution in [0.5, 0.6) is 11.5 Å². The minimum Gasteiger partial charge on any atom is -0.495 e. The Kier molecular flexibility index (Phi) is 11.8. The monoisotopic (exact) mass is 875 g/mol. The third kappa shape index (κ3) is 7.94. The van der Waals surface area contributed by atoms with E-state index in [1.807, 2.05) is 36.7 Å². The number of hydrogen-bond acceptors (Lipinski definition) is 16. The first kappa shape index (κ1) is 41.3. The fourth-order valence-corrected chi connectivity index (χ4v) is 11.3. The number of aliphatic imine (C=N–C) groups is 2. The lowest BCUT2D eigenvalue weighted by Gasteiger charge is -2.28. The van der Waals surface area contributed by atoms with Gasteiger partial charge in [0.05, 0.1) is 68.6 Å². The Hall–Kier alpha value is -6.08. The predicted octanol–water partition coefficient (Wildman–Crippen LogP) is 5.86. The molecule has 0 saturated heterocycles. The van der Waals surface area contributed by atoms with Crippen molar-refractivity contribution in [2.45, 2.75) is 51.6 Å². The van der Waals surface area contributed by atoms with Crippen molar-refractivity contribution >= 4 is 90.4 Å². The maximum Gasteiger partial charge on any atom is 0.306 e. The van der Waals surface area contributed by atoms with Gasteiger partial charge in [0.1, 0.15) is 45.5 Å². The number of aliphatic hydroxyl groups excluding tert-OH is 2. The molecule has 0 fully saturated rings. The van der Waals surface area contributed by atoms with Crippen LogP contribution in [-0.4, -0.2) is 105 Å². The van der Waals surface area contributed by atoms with Crippen molar-refractivity contribution in [3.63, 3.8) is 0 Å². The standard InChI is InChI=1S/C24H27N5O4S.C20H18N4O3S/c1-33-19-9-16-12-25-11-15(16)8-18(19)28-22-21-17-3-2-14(24(32)29(4-6-30)5-7-31)10-20(17)34-23(21)27-13-26-22;1-27-15-5-12-8-21-7-11(12)4-14(15)24-18-17-13-3-2-10(20(25)26)6-16(13)28-19(17)23-9-22-18/h8-9,11,13-14,30-31H,2-7,10,12H2,1H3,(H,26,27,28);4-5,7,9-10H,2-3,6,8H2,1H3,(H,25,26)(H,22,23,24). The summed E-state index contributed by atoms with van der Waals surface area (Å²) in [5, 5.41) is 36.8. The van der Waals surface area contributed by atoms with Crippen LogP contribution in [0.1, 0.15) is 56.0 Å². The van der Waals surface area contributed by atoms with Gasteiger partial charge < -0.3 is 40.3 Å². The summed E-state index contributed by atoms with van der Waals surface area (Å²) in [6.07, 6.45) is 10.8. The molecule has 4 aliphatic rings. The van der Waals surface area contributed by atoms with Gasteiger partial charge in [-0.1, -0.05) is 0 Å². The summed E-state index contributed by atoms with van der Waals surface area (Å²) in [4.78, 5) is 56.6. The van der Waals surface area contributed by atoms with Crippen LogP contribution in [0, 0.1) is 11.8 Å². The molecule has 0 radical (unpaired) electrons. The molecule has 2 atom stereocenters. The predicted molar refractivity (Wildman–Crippen MR) is 239 cm³/mol. The number of aliphatic carboxylic acids is 1. The summed E-state index contributed by atoms with van der Waals surface area (Å²) >= 11 is 3.17. The number of ether oxygens (including phenoxy) is 2. The van der Waals surface area contributed by atoms with E-state index in [-0.39, 0.29) is 44.0 Å². The highest BCUT2D eigenvalue weighted by atomic mass is 32.1. The van der Waals surface area contributed by atoms with Crippen LogP contribution in [-0.2, 0) is 48.4 Å². The normalized spacial score (nSPS) is 16.8. The summed E-state index contributed by atoms with van der Waals surface area (Å²) < 4.78 is 11.2. The molecule has 2 unspecified atom stereocenters. The van der Waals surface area contributed by atoms with E-state index in [0.717, 1.165) is 99.8 Å². The van der Waals surface area contributed by atoms with E-state index in [2.05, 4.69) is 40.6 Å². The molecule has 5 N–H and O–H groups in total. The number of rotatable bonds is 12. The minimum absolute atomic E-state index is 0.0137. The van der Waals surface area contributed by atoms with Gasteiger partial charge in [-0.2, -0.15) is 0 Å². The van der Waals surface area contributed by atoms with E-state index < -0.39 is 5.97 Å². The lowest BCUT2D eigenvalue weighted by Crippen LogP contribution is -2.41. The number of amides is 1. The smallest absolute Gasteiger partial charge is 0.306 e. The Balaban J connectivity index is 0.000000161. The molecule has 18 heteroatoms. The van der Waals surface area contributed by atoms with E-state index in [0.29, 0.717) is 38.8 Å². The molecule has 2 aliphatic carbocycles. The molecule has 4 aromatic heterocycles. The van der Waals surface area contributed by atoms with Crippen molar-refractivity contribution in [3.05, 3.63) is 80.1 Å². The fraction of sp³-hybridized carbons (Fsp3) is 0.364. The maximum absolute atomic E-state index is 13.0. The number of aliphatic hydroxyl groups is 2. The summed E-state index contributed by atoms with van der Waals surface area (Å²) in [6.45, 7) is 1.58. The Labute approximate surface area is 364 Å². The van der Waals surface area contributed by atoms with Crippen LogP contribution in [0.15, 0.2) is 46.9 Å². The molecule has 0 spiro atoms. The minimum atomic E-state index is -0.725. The number of anilines is 4. The van der Waals surface area contributed by atoms with E-state index in [1.165, 1.54) is 11.1 Å². The summed E-state index contributed by atoms with van der Waals surface area (Å²) in [5.74, 6) is 1.70. The first-order chi connectivity index (χ1) is 30.3. The first-order valence-corrected chi connectivity index (χ1v) is 22.1. The Morgan fingerprint density at radius 2 is 1.21 bits per heavy atom. The Morgan fingerprint density at radius 1 is 0.726 bits per heavy atom. The van der Waals surface area contributed by atoms with Crippen LogP contribution in [0.25, 0.3) is 20.4 Å². The highest BCUT2D eigenvalue weighted by Crippen LogP contribution is 2.44. The number of fused-ring (bicyclic) bond motifs is 8. The molecule has 320 valence electrons. The number of carboxylic acid groups (broad SMARTS) is 1. The van der Waals surface area contributed by atoms with Gasteiger partial charge in [0.2, 0.25) is 5.91 Å². The van der Waals surface area contributed by atoms with Gasteiger partial charge >= 0.3 is 5.97 Å². The number of nitrogens with one attached hydrogen (secondary N) is 2. The zero-order chi connectivity index (χ0) is 42.9. The van der Waals surface area contributed by atoms with Crippen molar-refractivity contribution in [2.75, 3.05) is 51.2 Å². The van der Waals surface area contributed by atoms with Crippen molar-refractivity contribution in [2.24, 2.45) is 21.8 Å². The van der Waals surface area contributed by atoms with Crippen molar-refractivity contribution < 1.29 is 34.4 Å². The summed E-state index contributed by atoms with van der Waals surface area (Å²) in [5.41, 5.74) is 8.42. The lowest BCUT2D eigenvalue weighted by atomic mass is 9.87. The molecular formula is C44H45N9O7S2. The van der Waals surface area contributed by atoms with Crippen LogP contribution in [0.4, 0.5) is 23.0 Å². The second-order valence-electron chi connectivity index (χ2n) is 15.5. The SMILES string of the molecule is COc1cc2c(cc1Nc1ncnc3sc4c(c13)CCC(C(=O)N(CCO)CCO)C4)C=NC2.COc1cc2c(cc1Nc1ncnc3sc4c(c13)CCC(C(=O)O)C4)C=NC2. The quantitative estimate of drug-likeness (QED) is 0.0975. The molecule has 16 nitrogen and oxygen atoms in total. The van der Waals surface area contributed by atoms with Gasteiger partial charge in [0.25, 0.3) is 0 Å². The number of hydrogen-bond donors (Lipinski definition) is 5. The number of aryl methyl sites for hydroxylation is 2. The highest BCUT2D eigenvalue weighted by Gasteiger charge is 2.32. The average Bonchev–Trinajstić information content (AvgIpc) is 4.10. The van der Waals surface area contributed by atoms with Crippen LogP contribution >= 0.6 is 22.7 Å². The second kappa shape index (κ2) is 17.7. The number of benzene rings is 2. The van der Waals surface area contributed by atoms with Crippen molar-refractivity contribution in [1.29, 1.82) is 0 Å². The Bertz CT molecular complexity index is 2760. The van der Waals surface area contributed by atoms with E-state index in [1.54, 1.807) is 54.4 Å². The topological polar surface area (TPSA) is 217 Å². The fourth-order valence-electron chi connectivity index (χ4n) is 8.73. The van der Waals surface area contributed by atoms with Gasteiger partial charge in [-0.05, 0) is 96.2 Å². The number of thiophene rings is 2.